The summed E-state index contributed by atoms with van der Waals surface area (Å²) in [5, 5.41) is 3.06. The van der Waals surface area contributed by atoms with E-state index < -0.39 is 29.5 Å². The van der Waals surface area contributed by atoms with E-state index in [9.17, 15) is 27.6 Å². The third-order valence-corrected chi connectivity index (χ3v) is 10.4. The number of rotatable bonds is 10. The van der Waals surface area contributed by atoms with Crippen LogP contribution in [0.3, 0.4) is 0 Å². The summed E-state index contributed by atoms with van der Waals surface area (Å²) in [5.74, 6) is -0.949. The van der Waals surface area contributed by atoms with E-state index in [2.05, 4.69) is 10.3 Å². The zero-order valence-electron chi connectivity index (χ0n) is 29.5. The highest BCUT2D eigenvalue weighted by Gasteiger charge is 2.62. The lowest BCUT2D eigenvalue weighted by Crippen LogP contribution is -2.60. The van der Waals surface area contributed by atoms with Crippen LogP contribution < -0.4 is 15.0 Å². The number of likely N-dealkylation sites (tertiary alicyclic amines) is 1. The number of benzene rings is 1. The minimum absolute atomic E-state index is 0.0791. The van der Waals surface area contributed by atoms with Gasteiger partial charge in [0.05, 0.1) is 23.6 Å². The van der Waals surface area contributed by atoms with Crippen molar-refractivity contribution in [2.45, 2.75) is 77.2 Å². The number of nitrogens with zero attached hydrogens (tertiary/aromatic N) is 5. The Morgan fingerprint density at radius 1 is 0.942 bits per heavy atom. The lowest BCUT2D eigenvalue weighted by molar-refractivity contribution is -0.226. The third kappa shape index (κ3) is 7.65. The van der Waals surface area contributed by atoms with Gasteiger partial charge in [-0.05, 0) is 62.4 Å². The minimum atomic E-state index is -4.62. The summed E-state index contributed by atoms with van der Waals surface area (Å²) >= 11 is 0. The van der Waals surface area contributed by atoms with E-state index in [0.717, 1.165) is 5.56 Å². The molecule has 2 aromatic heterocycles. The van der Waals surface area contributed by atoms with E-state index in [-0.39, 0.29) is 63.4 Å². The van der Waals surface area contributed by atoms with Crippen molar-refractivity contribution in [1.29, 1.82) is 0 Å². The van der Waals surface area contributed by atoms with E-state index >= 15 is 0 Å². The molecule has 4 heterocycles. The Morgan fingerprint density at radius 3 is 2.42 bits per heavy atom. The number of amides is 3. The first-order chi connectivity index (χ1) is 25.0. The Balaban J connectivity index is 1.23. The molecule has 1 aliphatic carbocycles. The molecule has 278 valence electrons. The molecule has 2 atom stereocenters. The lowest BCUT2D eigenvalue weighted by Gasteiger charge is -2.45. The molecule has 6 rings (SSSR count). The molecule has 11 nitrogen and oxygen atoms in total. The number of nitrogens with one attached hydrogen (secondary N) is 1. The first-order valence-corrected chi connectivity index (χ1v) is 18.0. The van der Waals surface area contributed by atoms with Gasteiger partial charge in [0.2, 0.25) is 11.8 Å². The van der Waals surface area contributed by atoms with Crippen molar-refractivity contribution in [3.05, 3.63) is 72.1 Å². The van der Waals surface area contributed by atoms with Gasteiger partial charge in [-0.15, -0.1) is 0 Å². The highest BCUT2D eigenvalue weighted by atomic mass is 19.4. The molecule has 3 aliphatic rings. The Bertz CT molecular complexity index is 1740. The van der Waals surface area contributed by atoms with Crippen LogP contribution in [0.1, 0.15) is 68.4 Å². The van der Waals surface area contributed by atoms with E-state index in [1.807, 2.05) is 49.1 Å². The maximum atomic E-state index is 14.3. The van der Waals surface area contributed by atoms with Crippen LogP contribution in [0.5, 0.6) is 5.88 Å². The number of alkyl halides is 3. The third-order valence-electron chi connectivity index (χ3n) is 10.4. The summed E-state index contributed by atoms with van der Waals surface area (Å²) in [4.78, 5) is 54.6. The molecule has 2 saturated heterocycles. The fraction of sp³-hybridized carbons (Fsp3) is 0.500. The second-order valence-corrected chi connectivity index (χ2v) is 13.6. The van der Waals surface area contributed by atoms with Gasteiger partial charge in [-0.25, -0.2) is 14.8 Å². The highest BCUT2D eigenvalue weighted by molar-refractivity contribution is 5.99. The first kappa shape index (κ1) is 36.9. The van der Waals surface area contributed by atoms with Crippen molar-refractivity contribution < 1.29 is 37.0 Å². The monoisotopic (exact) mass is 722 g/mol. The Morgan fingerprint density at radius 2 is 1.71 bits per heavy atom. The van der Waals surface area contributed by atoms with Gasteiger partial charge >= 0.3 is 12.3 Å². The molecule has 2 aliphatic heterocycles. The summed E-state index contributed by atoms with van der Waals surface area (Å²) in [6.07, 6.45) is -2.09. The Kier molecular flexibility index (Phi) is 11.2. The average Bonchev–Trinajstić information content (AvgIpc) is 3.85. The SMILES string of the molecule is CCOc1ncccc1-c1ccc(N2CCN(C(=O)C3(C(F)(F)F)CCCC3)C[C@H]2CC)c(C(=O)N[C@@H]2CCN(C(=O)OCc3ccccc3)C2)n1. The van der Waals surface area contributed by atoms with E-state index in [4.69, 9.17) is 14.5 Å². The zero-order valence-corrected chi connectivity index (χ0v) is 29.5. The van der Waals surface area contributed by atoms with Crippen molar-refractivity contribution in [2.75, 3.05) is 44.2 Å². The van der Waals surface area contributed by atoms with Crippen LogP contribution in [0.25, 0.3) is 11.3 Å². The van der Waals surface area contributed by atoms with E-state index in [1.165, 1.54) is 4.90 Å². The van der Waals surface area contributed by atoms with Gasteiger partial charge in [0.15, 0.2) is 5.69 Å². The number of piperazine rings is 1. The van der Waals surface area contributed by atoms with E-state index in [0.29, 0.717) is 61.7 Å². The van der Waals surface area contributed by atoms with Gasteiger partial charge in [0.1, 0.15) is 12.0 Å². The molecule has 3 fully saturated rings. The molecule has 3 amide bonds. The summed E-state index contributed by atoms with van der Waals surface area (Å²) in [7, 11) is 0. The number of hydrogen-bond acceptors (Lipinski definition) is 8. The van der Waals surface area contributed by atoms with Crippen LogP contribution in [0.2, 0.25) is 0 Å². The van der Waals surface area contributed by atoms with Gasteiger partial charge < -0.3 is 29.5 Å². The largest absolute Gasteiger partial charge is 0.477 e. The molecule has 0 bridgehead atoms. The van der Waals surface area contributed by atoms with Gasteiger partial charge in [-0.2, -0.15) is 13.2 Å². The molecule has 0 unspecified atom stereocenters. The highest BCUT2D eigenvalue weighted by Crippen LogP contribution is 2.52. The quantitative estimate of drug-likeness (QED) is 0.262. The minimum Gasteiger partial charge on any atom is -0.477 e. The van der Waals surface area contributed by atoms with Gasteiger partial charge in [0, 0.05) is 51.0 Å². The molecular formula is C38H45F3N6O5. The second-order valence-electron chi connectivity index (χ2n) is 13.6. The molecular weight excluding hydrogens is 677 g/mol. The van der Waals surface area contributed by atoms with Crippen molar-refractivity contribution >= 4 is 23.6 Å². The molecule has 52 heavy (non-hydrogen) atoms. The molecule has 14 heteroatoms. The van der Waals surface area contributed by atoms with Crippen molar-refractivity contribution in [3.63, 3.8) is 0 Å². The van der Waals surface area contributed by atoms with Crippen LogP contribution in [-0.4, -0.2) is 95.3 Å². The predicted octanol–water partition coefficient (Wildman–Crippen LogP) is 6.23. The number of ether oxygens (including phenoxy) is 2. The average molecular weight is 723 g/mol. The number of aromatic nitrogens is 2. The maximum absolute atomic E-state index is 14.3. The summed E-state index contributed by atoms with van der Waals surface area (Å²) in [6, 6.07) is 15.8. The maximum Gasteiger partial charge on any atom is 0.410 e. The second kappa shape index (κ2) is 15.8. The van der Waals surface area contributed by atoms with Crippen LogP contribution in [0, 0.1) is 5.41 Å². The Labute approximate surface area is 301 Å². The number of hydrogen-bond donors (Lipinski definition) is 1. The lowest BCUT2D eigenvalue weighted by atomic mass is 9.83. The van der Waals surface area contributed by atoms with E-state index in [1.54, 1.807) is 35.4 Å². The van der Waals surface area contributed by atoms with Crippen molar-refractivity contribution in [3.8, 4) is 17.1 Å². The molecule has 0 spiro atoms. The van der Waals surface area contributed by atoms with Crippen molar-refractivity contribution in [2.24, 2.45) is 5.41 Å². The summed E-state index contributed by atoms with van der Waals surface area (Å²) in [5.41, 5.74) is 0.203. The van der Waals surface area contributed by atoms with Crippen molar-refractivity contribution in [1.82, 2.24) is 25.1 Å². The van der Waals surface area contributed by atoms with Gasteiger partial charge in [0.25, 0.3) is 5.91 Å². The standard InChI is InChI=1S/C38H45F3N6O5/c1-3-28-24-45(35(49)37(38(39,40)41)17-8-9-18-37)21-22-47(28)31-15-14-30(29-13-10-19-42-34(29)51-4-2)44-32(31)33(48)43-27-16-20-46(23-27)36(50)52-25-26-11-6-5-7-12-26/h5-7,10-15,19,27-28H,3-4,8-9,16-18,20-25H2,1-2H3,(H,43,48)/t27-,28-/m1/s1. The normalized spacial score (nSPS) is 20.1. The molecule has 0 radical (unpaired) electrons. The topological polar surface area (TPSA) is 117 Å². The summed E-state index contributed by atoms with van der Waals surface area (Å²) in [6.45, 7) is 5.32. The molecule has 3 aromatic rings. The van der Waals surface area contributed by atoms with Crippen LogP contribution in [0.4, 0.5) is 23.7 Å². The number of carbonyl (C=O) groups excluding carboxylic acids is 3. The van der Waals surface area contributed by atoms with Gasteiger partial charge in [-0.3, -0.25) is 9.59 Å². The zero-order chi connectivity index (χ0) is 36.9. The first-order valence-electron chi connectivity index (χ1n) is 18.0. The molecule has 1 saturated carbocycles. The Hall–Kier alpha value is -4.88. The van der Waals surface area contributed by atoms with Crippen LogP contribution in [0.15, 0.2) is 60.8 Å². The van der Waals surface area contributed by atoms with Crippen LogP contribution >= 0.6 is 0 Å². The number of carbonyl (C=O) groups is 3. The predicted molar refractivity (Wildman–Crippen MR) is 188 cm³/mol. The molecule has 1 aromatic carbocycles. The number of pyridine rings is 2. The fourth-order valence-electron chi connectivity index (χ4n) is 7.55. The smallest absolute Gasteiger partial charge is 0.410 e. The van der Waals surface area contributed by atoms with Crippen LogP contribution in [-0.2, 0) is 16.1 Å². The van der Waals surface area contributed by atoms with Gasteiger partial charge in [-0.1, -0.05) is 50.1 Å². The number of anilines is 1. The summed E-state index contributed by atoms with van der Waals surface area (Å²) < 4.78 is 54.2. The fourth-order valence-corrected chi connectivity index (χ4v) is 7.55. The molecule has 1 N–H and O–H groups in total. The number of halogens is 3.